The van der Waals surface area contributed by atoms with Crippen molar-refractivity contribution in [2.45, 2.75) is 39.0 Å². The van der Waals surface area contributed by atoms with Crippen LogP contribution in [-0.2, 0) is 0 Å². The quantitative estimate of drug-likeness (QED) is 0.608. The SMILES string of the molecule is CCCC1CCCN(c2ccc([N+](=O)[O-])cc2)CC1. The van der Waals surface area contributed by atoms with Gasteiger partial charge in [-0.2, -0.15) is 0 Å². The van der Waals surface area contributed by atoms with E-state index in [0.717, 1.165) is 24.7 Å². The number of hydrogen-bond donors (Lipinski definition) is 0. The van der Waals surface area contributed by atoms with Crippen molar-refractivity contribution in [2.24, 2.45) is 5.92 Å². The molecule has 0 aromatic heterocycles. The molecule has 0 aliphatic carbocycles. The average Bonchev–Trinajstić information content (AvgIpc) is 2.65. The van der Waals surface area contributed by atoms with Gasteiger partial charge in [0.2, 0.25) is 0 Å². The van der Waals surface area contributed by atoms with Gasteiger partial charge in [0.05, 0.1) is 4.92 Å². The molecule has 1 aliphatic rings. The Morgan fingerprint density at radius 3 is 2.63 bits per heavy atom. The van der Waals surface area contributed by atoms with E-state index >= 15 is 0 Å². The van der Waals surface area contributed by atoms with Gasteiger partial charge in [0.1, 0.15) is 0 Å². The van der Waals surface area contributed by atoms with E-state index in [0.29, 0.717) is 0 Å². The number of benzene rings is 1. The Labute approximate surface area is 114 Å². The van der Waals surface area contributed by atoms with Crippen molar-refractivity contribution in [2.75, 3.05) is 18.0 Å². The first-order valence-corrected chi connectivity index (χ1v) is 7.20. The zero-order valence-corrected chi connectivity index (χ0v) is 11.5. The van der Waals surface area contributed by atoms with E-state index < -0.39 is 0 Å². The van der Waals surface area contributed by atoms with Crippen molar-refractivity contribution < 1.29 is 4.92 Å². The van der Waals surface area contributed by atoms with Gasteiger partial charge in [-0.15, -0.1) is 0 Å². The van der Waals surface area contributed by atoms with Crippen molar-refractivity contribution in [3.05, 3.63) is 34.4 Å². The van der Waals surface area contributed by atoms with Crippen molar-refractivity contribution >= 4 is 11.4 Å². The van der Waals surface area contributed by atoms with Gasteiger partial charge >= 0.3 is 0 Å². The van der Waals surface area contributed by atoms with Crippen LogP contribution < -0.4 is 4.90 Å². The monoisotopic (exact) mass is 262 g/mol. The number of nitro groups is 1. The molecule has 19 heavy (non-hydrogen) atoms. The summed E-state index contributed by atoms with van der Waals surface area (Å²) in [7, 11) is 0. The van der Waals surface area contributed by atoms with Crippen molar-refractivity contribution in [1.29, 1.82) is 0 Å². The molecule has 0 saturated carbocycles. The van der Waals surface area contributed by atoms with Gasteiger partial charge in [0.25, 0.3) is 5.69 Å². The molecular weight excluding hydrogens is 240 g/mol. The van der Waals surface area contributed by atoms with E-state index in [1.54, 1.807) is 12.1 Å². The van der Waals surface area contributed by atoms with E-state index in [-0.39, 0.29) is 10.6 Å². The molecular formula is C15H22N2O2. The van der Waals surface area contributed by atoms with Crippen molar-refractivity contribution in [1.82, 2.24) is 0 Å². The molecule has 1 aromatic carbocycles. The Bertz CT molecular complexity index is 417. The minimum Gasteiger partial charge on any atom is -0.372 e. The van der Waals surface area contributed by atoms with Gasteiger partial charge in [-0.25, -0.2) is 0 Å². The molecule has 0 spiro atoms. The largest absolute Gasteiger partial charge is 0.372 e. The van der Waals surface area contributed by atoms with Crippen LogP contribution in [0.2, 0.25) is 0 Å². The molecule has 0 radical (unpaired) electrons. The maximum atomic E-state index is 10.7. The fourth-order valence-electron chi connectivity index (χ4n) is 2.91. The highest BCUT2D eigenvalue weighted by Gasteiger charge is 2.17. The molecule has 0 N–H and O–H groups in total. The smallest absolute Gasteiger partial charge is 0.269 e. The number of hydrogen-bond acceptors (Lipinski definition) is 3. The average molecular weight is 262 g/mol. The molecule has 1 atom stereocenters. The molecule has 4 nitrogen and oxygen atoms in total. The van der Waals surface area contributed by atoms with Crippen LogP contribution in [0.3, 0.4) is 0 Å². The summed E-state index contributed by atoms with van der Waals surface area (Å²) in [4.78, 5) is 12.7. The van der Waals surface area contributed by atoms with Crippen LogP contribution in [-0.4, -0.2) is 18.0 Å². The van der Waals surface area contributed by atoms with Crippen molar-refractivity contribution in [3.8, 4) is 0 Å². The maximum Gasteiger partial charge on any atom is 0.269 e. The number of rotatable bonds is 4. The third-order valence-electron chi connectivity index (χ3n) is 3.97. The zero-order chi connectivity index (χ0) is 13.7. The molecule has 2 rings (SSSR count). The molecule has 4 heteroatoms. The molecule has 1 saturated heterocycles. The van der Waals surface area contributed by atoms with E-state index in [9.17, 15) is 10.1 Å². The third-order valence-corrected chi connectivity index (χ3v) is 3.97. The minimum atomic E-state index is -0.344. The Morgan fingerprint density at radius 2 is 2.00 bits per heavy atom. The highest BCUT2D eigenvalue weighted by atomic mass is 16.6. The van der Waals surface area contributed by atoms with Crippen LogP contribution >= 0.6 is 0 Å². The summed E-state index contributed by atoms with van der Waals surface area (Å²) in [5.41, 5.74) is 1.28. The first-order valence-electron chi connectivity index (χ1n) is 7.20. The van der Waals surface area contributed by atoms with E-state index in [1.165, 1.54) is 32.1 Å². The predicted molar refractivity (Wildman–Crippen MR) is 77.6 cm³/mol. The summed E-state index contributed by atoms with van der Waals surface area (Å²) in [6.07, 6.45) is 6.38. The zero-order valence-electron chi connectivity index (χ0n) is 11.5. The normalized spacial score (nSPS) is 20.1. The Kier molecular flexibility index (Phi) is 4.77. The molecule has 104 valence electrons. The number of nitro benzene ring substituents is 1. The standard InChI is InChI=1S/C15H22N2O2/c1-2-4-13-5-3-11-16(12-10-13)14-6-8-15(9-7-14)17(18)19/h6-9,13H,2-5,10-12H2,1H3. The Balaban J connectivity index is 1.99. The Morgan fingerprint density at radius 1 is 1.26 bits per heavy atom. The lowest BCUT2D eigenvalue weighted by Gasteiger charge is -2.22. The van der Waals surface area contributed by atoms with Gasteiger partial charge in [-0.1, -0.05) is 19.8 Å². The lowest BCUT2D eigenvalue weighted by atomic mass is 9.96. The molecule has 0 bridgehead atoms. The topological polar surface area (TPSA) is 46.4 Å². The van der Waals surface area contributed by atoms with Crippen LogP contribution in [0.25, 0.3) is 0 Å². The van der Waals surface area contributed by atoms with Gasteiger partial charge in [-0.3, -0.25) is 10.1 Å². The second kappa shape index (κ2) is 6.55. The van der Waals surface area contributed by atoms with Crippen LogP contribution in [0.15, 0.2) is 24.3 Å². The van der Waals surface area contributed by atoms with Gasteiger partial charge in [-0.05, 0) is 37.3 Å². The summed E-state index contributed by atoms with van der Waals surface area (Å²) < 4.78 is 0. The Hall–Kier alpha value is -1.58. The van der Waals surface area contributed by atoms with Crippen LogP contribution in [0.5, 0.6) is 0 Å². The second-order valence-electron chi connectivity index (χ2n) is 5.35. The summed E-state index contributed by atoms with van der Waals surface area (Å²) in [6, 6.07) is 6.95. The van der Waals surface area contributed by atoms with Gasteiger partial charge in [0.15, 0.2) is 0 Å². The number of non-ortho nitro benzene ring substituents is 1. The molecule has 1 heterocycles. The lowest BCUT2D eigenvalue weighted by molar-refractivity contribution is -0.384. The summed E-state index contributed by atoms with van der Waals surface area (Å²) in [5, 5.41) is 10.7. The fourth-order valence-corrected chi connectivity index (χ4v) is 2.91. The highest BCUT2D eigenvalue weighted by Crippen LogP contribution is 2.26. The highest BCUT2D eigenvalue weighted by molar-refractivity contribution is 5.50. The van der Waals surface area contributed by atoms with Crippen LogP contribution in [0, 0.1) is 16.0 Å². The van der Waals surface area contributed by atoms with Crippen LogP contribution in [0.1, 0.15) is 39.0 Å². The summed E-state index contributed by atoms with van der Waals surface area (Å²) in [5.74, 6) is 0.855. The van der Waals surface area contributed by atoms with E-state index in [1.807, 2.05) is 12.1 Å². The predicted octanol–water partition coefficient (Wildman–Crippen LogP) is 4.00. The molecule has 1 unspecified atom stereocenters. The fraction of sp³-hybridized carbons (Fsp3) is 0.600. The molecule has 1 aromatic rings. The van der Waals surface area contributed by atoms with Gasteiger partial charge in [0, 0.05) is 30.9 Å². The third kappa shape index (κ3) is 3.69. The van der Waals surface area contributed by atoms with Crippen LogP contribution in [0.4, 0.5) is 11.4 Å². The van der Waals surface area contributed by atoms with E-state index in [2.05, 4.69) is 11.8 Å². The molecule has 1 fully saturated rings. The number of nitrogens with zero attached hydrogens (tertiary/aromatic N) is 2. The first kappa shape index (κ1) is 13.8. The number of anilines is 1. The second-order valence-corrected chi connectivity index (χ2v) is 5.35. The summed E-state index contributed by atoms with van der Waals surface area (Å²) >= 11 is 0. The minimum absolute atomic E-state index is 0.169. The molecule has 0 amide bonds. The summed E-state index contributed by atoms with van der Waals surface area (Å²) in [6.45, 7) is 4.39. The maximum absolute atomic E-state index is 10.7. The lowest BCUT2D eigenvalue weighted by Crippen LogP contribution is -2.24. The molecule has 1 aliphatic heterocycles. The van der Waals surface area contributed by atoms with Crippen molar-refractivity contribution in [3.63, 3.8) is 0 Å². The first-order chi connectivity index (χ1) is 9.20. The van der Waals surface area contributed by atoms with Gasteiger partial charge < -0.3 is 4.90 Å². The van der Waals surface area contributed by atoms with E-state index in [4.69, 9.17) is 0 Å².